The van der Waals surface area contributed by atoms with E-state index in [4.69, 9.17) is 11.6 Å². The SMILES string of the molecule is O=C1c2ccccc2C(=O)N1CCn1c(=O)ccn(-c2ncc(C(F)(F)F)cc2Cl)c1=O. The lowest BCUT2D eigenvalue weighted by Gasteiger charge is -2.15. The maximum absolute atomic E-state index is 12.8. The summed E-state index contributed by atoms with van der Waals surface area (Å²) >= 11 is 5.90. The lowest BCUT2D eigenvalue weighted by atomic mass is 10.1. The summed E-state index contributed by atoms with van der Waals surface area (Å²) in [6.07, 6.45) is -3.13. The van der Waals surface area contributed by atoms with Crippen LogP contribution in [0, 0.1) is 0 Å². The second-order valence-electron chi connectivity index (χ2n) is 6.79. The molecular formula is C20H12ClF3N4O4. The first-order valence-electron chi connectivity index (χ1n) is 9.10. The smallest absolute Gasteiger partial charge is 0.273 e. The predicted octanol–water partition coefficient (Wildman–Crippen LogP) is 2.36. The highest BCUT2D eigenvalue weighted by molar-refractivity contribution is 6.32. The van der Waals surface area contributed by atoms with Crippen molar-refractivity contribution in [3.05, 3.63) is 91.3 Å². The van der Waals surface area contributed by atoms with Crippen LogP contribution in [-0.4, -0.2) is 37.4 Å². The van der Waals surface area contributed by atoms with E-state index < -0.39 is 39.8 Å². The minimum atomic E-state index is -4.68. The van der Waals surface area contributed by atoms with Crippen LogP contribution in [0.25, 0.3) is 5.82 Å². The number of nitrogens with zero attached hydrogens (tertiary/aromatic N) is 4. The fourth-order valence-corrected chi connectivity index (χ4v) is 3.55. The molecule has 0 unspecified atom stereocenters. The zero-order valence-electron chi connectivity index (χ0n) is 16.0. The average molecular weight is 465 g/mol. The van der Waals surface area contributed by atoms with Gasteiger partial charge >= 0.3 is 11.9 Å². The van der Waals surface area contributed by atoms with Crippen LogP contribution in [0.4, 0.5) is 13.2 Å². The molecule has 8 nitrogen and oxygen atoms in total. The third-order valence-electron chi connectivity index (χ3n) is 4.87. The molecule has 0 aliphatic carbocycles. The first kappa shape index (κ1) is 21.5. The zero-order chi connectivity index (χ0) is 23.2. The Morgan fingerprint density at radius 2 is 1.56 bits per heavy atom. The molecule has 0 atom stereocenters. The molecule has 0 spiro atoms. The molecule has 3 aromatic rings. The number of imide groups is 1. The van der Waals surface area contributed by atoms with Gasteiger partial charge in [0.25, 0.3) is 17.4 Å². The van der Waals surface area contributed by atoms with Gasteiger partial charge in [0.1, 0.15) is 0 Å². The second-order valence-corrected chi connectivity index (χ2v) is 7.20. The molecule has 2 amide bonds. The molecule has 0 saturated heterocycles. The number of amides is 2. The van der Waals surface area contributed by atoms with E-state index in [9.17, 15) is 32.3 Å². The van der Waals surface area contributed by atoms with Crippen molar-refractivity contribution in [1.82, 2.24) is 19.0 Å². The van der Waals surface area contributed by atoms with Gasteiger partial charge in [0.2, 0.25) is 0 Å². The van der Waals surface area contributed by atoms with Crippen LogP contribution in [0.5, 0.6) is 0 Å². The van der Waals surface area contributed by atoms with E-state index in [2.05, 4.69) is 4.98 Å². The number of carbonyl (C=O) groups excluding carboxylic acids is 2. The molecule has 32 heavy (non-hydrogen) atoms. The molecule has 0 N–H and O–H groups in total. The van der Waals surface area contributed by atoms with Gasteiger partial charge in [-0.05, 0) is 18.2 Å². The maximum atomic E-state index is 12.8. The van der Waals surface area contributed by atoms with Gasteiger partial charge in [-0.15, -0.1) is 0 Å². The Morgan fingerprint density at radius 3 is 2.12 bits per heavy atom. The number of hydrogen-bond acceptors (Lipinski definition) is 5. The van der Waals surface area contributed by atoms with Crippen LogP contribution < -0.4 is 11.2 Å². The van der Waals surface area contributed by atoms with E-state index in [1.807, 2.05) is 0 Å². The second kappa shape index (κ2) is 7.75. The highest BCUT2D eigenvalue weighted by atomic mass is 35.5. The van der Waals surface area contributed by atoms with E-state index in [1.54, 1.807) is 12.1 Å². The number of fused-ring (bicyclic) bond motifs is 1. The van der Waals surface area contributed by atoms with Crippen LogP contribution in [0.2, 0.25) is 5.02 Å². The number of alkyl halides is 3. The van der Waals surface area contributed by atoms with Gasteiger partial charge in [-0.3, -0.25) is 28.4 Å². The quantitative estimate of drug-likeness (QED) is 0.553. The van der Waals surface area contributed by atoms with Crippen molar-refractivity contribution in [3.63, 3.8) is 0 Å². The molecular weight excluding hydrogens is 453 g/mol. The Labute approximate surface area is 182 Å². The summed E-state index contributed by atoms with van der Waals surface area (Å²) in [6.45, 7) is -0.595. The average Bonchev–Trinajstić information content (AvgIpc) is 2.98. The Kier molecular flexibility index (Phi) is 5.21. The molecule has 1 aliphatic heterocycles. The van der Waals surface area contributed by atoms with Crippen molar-refractivity contribution < 1.29 is 22.8 Å². The predicted molar refractivity (Wildman–Crippen MR) is 106 cm³/mol. The number of halogens is 4. The molecule has 0 bridgehead atoms. The van der Waals surface area contributed by atoms with Gasteiger partial charge in [-0.2, -0.15) is 13.2 Å². The van der Waals surface area contributed by atoms with Crippen molar-refractivity contribution >= 4 is 23.4 Å². The topological polar surface area (TPSA) is 94.3 Å². The van der Waals surface area contributed by atoms with E-state index in [0.717, 1.165) is 26.3 Å². The van der Waals surface area contributed by atoms with Gasteiger partial charge in [-0.25, -0.2) is 9.78 Å². The first-order valence-corrected chi connectivity index (χ1v) is 9.48. The van der Waals surface area contributed by atoms with Crippen LogP contribution in [0.1, 0.15) is 26.3 Å². The Morgan fingerprint density at radius 1 is 0.938 bits per heavy atom. The van der Waals surface area contributed by atoms with E-state index >= 15 is 0 Å². The monoisotopic (exact) mass is 464 g/mol. The Hall–Kier alpha value is -3.73. The number of rotatable bonds is 4. The molecule has 1 aliphatic rings. The van der Waals surface area contributed by atoms with Gasteiger partial charge in [0, 0.05) is 31.5 Å². The van der Waals surface area contributed by atoms with Crippen molar-refractivity contribution in [2.75, 3.05) is 6.54 Å². The van der Waals surface area contributed by atoms with Crippen LogP contribution in [0.15, 0.2) is 58.4 Å². The van der Waals surface area contributed by atoms with Crippen LogP contribution >= 0.6 is 11.6 Å². The molecule has 3 heterocycles. The molecule has 0 radical (unpaired) electrons. The summed E-state index contributed by atoms with van der Waals surface area (Å²) < 4.78 is 40.1. The lowest BCUT2D eigenvalue weighted by Crippen LogP contribution is -2.42. The minimum Gasteiger partial charge on any atom is -0.273 e. The highest BCUT2D eigenvalue weighted by Gasteiger charge is 2.35. The molecule has 4 rings (SSSR count). The summed E-state index contributed by atoms with van der Waals surface area (Å²) in [5, 5.41) is -0.451. The summed E-state index contributed by atoms with van der Waals surface area (Å²) in [5.41, 5.74) is -2.33. The molecule has 164 valence electrons. The molecule has 12 heteroatoms. The number of aromatic nitrogens is 3. The largest absolute Gasteiger partial charge is 0.417 e. The summed E-state index contributed by atoms with van der Waals surface area (Å²) in [5.74, 6) is -1.41. The molecule has 2 aromatic heterocycles. The summed E-state index contributed by atoms with van der Waals surface area (Å²) in [7, 11) is 0. The van der Waals surface area contributed by atoms with Crippen molar-refractivity contribution in [1.29, 1.82) is 0 Å². The number of carbonyl (C=O) groups is 2. The Balaban J connectivity index is 1.65. The molecule has 1 aromatic carbocycles. The lowest BCUT2D eigenvalue weighted by molar-refractivity contribution is -0.137. The van der Waals surface area contributed by atoms with Crippen molar-refractivity contribution in [2.45, 2.75) is 12.7 Å². The third-order valence-corrected chi connectivity index (χ3v) is 5.15. The van der Waals surface area contributed by atoms with E-state index in [-0.39, 0.29) is 30.0 Å². The zero-order valence-corrected chi connectivity index (χ0v) is 16.7. The summed E-state index contributed by atoms with van der Waals surface area (Å²) in [4.78, 5) is 54.5. The molecule has 0 fully saturated rings. The van der Waals surface area contributed by atoms with Gasteiger partial charge < -0.3 is 0 Å². The summed E-state index contributed by atoms with van der Waals surface area (Å²) in [6, 6.07) is 7.82. The van der Waals surface area contributed by atoms with Crippen LogP contribution in [0.3, 0.4) is 0 Å². The number of hydrogen-bond donors (Lipinski definition) is 0. The fourth-order valence-electron chi connectivity index (χ4n) is 3.29. The van der Waals surface area contributed by atoms with E-state index in [0.29, 0.717) is 12.3 Å². The number of pyridine rings is 1. The van der Waals surface area contributed by atoms with Crippen molar-refractivity contribution in [3.8, 4) is 5.82 Å². The van der Waals surface area contributed by atoms with E-state index in [1.165, 1.54) is 12.1 Å². The fraction of sp³-hybridized carbons (Fsp3) is 0.150. The van der Waals surface area contributed by atoms with Gasteiger partial charge in [0.15, 0.2) is 5.82 Å². The van der Waals surface area contributed by atoms with Crippen LogP contribution in [-0.2, 0) is 12.7 Å². The normalized spacial score (nSPS) is 13.6. The Bertz CT molecular complexity index is 1350. The number of benzene rings is 1. The van der Waals surface area contributed by atoms with Gasteiger partial charge in [0.05, 0.1) is 21.7 Å². The maximum Gasteiger partial charge on any atom is 0.417 e. The first-order chi connectivity index (χ1) is 15.1. The third kappa shape index (κ3) is 3.60. The minimum absolute atomic E-state index is 0.219. The molecule has 0 saturated carbocycles. The van der Waals surface area contributed by atoms with Gasteiger partial charge in [-0.1, -0.05) is 23.7 Å². The highest BCUT2D eigenvalue weighted by Crippen LogP contribution is 2.31. The van der Waals surface area contributed by atoms with Crippen molar-refractivity contribution in [2.24, 2.45) is 0 Å². The standard InChI is InChI=1S/C20H12ClF3N4O4/c21-14-9-11(20(22,23)24)10-25-16(14)27-6-5-15(29)26(19(27)32)7-8-28-17(30)12-3-1-2-4-13(12)18(28)31/h1-6,9-10H,7-8H2.